The van der Waals surface area contributed by atoms with E-state index in [4.69, 9.17) is 0 Å². The van der Waals surface area contributed by atoms with Gasteiger partial charge in [0.1, 0.15) is 5.82 Å². The molecule has 0 bridgehead atoms. The molecular weight excluding hydrogens is 364 g/mol. The molecule has 0 saturated carbocycles. The molecule has 1 fully saturated rings. The number of nitrogens with one attached hydrogen (secondary N) is 2. The van der Waals surface area contributed by atoms with Crippen LogP contribution in [0, 0.1) is 0 Å². The molecule has 0 spiro atoms. The maximum Gasteiger partial charge on any atom is 0.131 e. The predicted molar refractivity (Wildman–Crippen MR) is 124 cm³/mol. The quantitative estimate of drug-likeness (QED) is 0.593. The maximum absolute atomic E-state index is 4.56. The average molecular weight is 395 g/mol. The van der Waals surface area contributed by atoms with Crippen molar-refractivity contribution >= 4 is 33.3 Å². The fraction of sp³-hybridized carbons (Fsp3) is 0.348. The van der Waals surface area contributed by atoms with Crippen molar-refractivity contribution in [1.29, 1.82) is 0 Å². The van der Waals surface area contributed by atoms with Crippen molar-refractivity contribution in [2.24, 2.45) is 0 Å². The number of likely N-dealkylation sites (N-methyl/N-ethyl adjacent to an activating group) is 1. The maximum atomic E-state index is 4.56. The molecule has 0 aliphatic carbocycles. The SMILES string of the molecule is C=C(C)SC(=C)c1ccc2cnc(NC(=C)N(CC)CC3CCCN3)cc2c1. The highest BCUT2D eigenvalue weighted by atomic mass is 32.2. The van der Waals surface area contributed by atoms with Crippen molar-refractivity contribution in [3.63, 3.8) is 0 Å². The molecule has 1 aromatic heterocycles. The van der Waals surface area contributed by atoms with Crippen LogP contribution >= 0.6 is 11.8 Å². The first-order chi connectivity index (χ1) is 13.5. The van der Waals surface area contributed by atoms with Gasteiger partial charge in [0.2, 0.25) is 0 Å². The number of anilines is 1. The molecule has 2 heterocycles. The van der Waals surface area contributed by atoms with E-state index in [1.165, 1.54) is 12.8 Å². The minimum absolute atomic E-state index is 0.544. The lowest BCUT2D eigenvalue weighted by Crippen LogP contribution is -2.38. The van der Waals surface area contributed by atoms with Crippen LogP contribution in [0.4, 0.5) is 5.82 Å². The average Bonchev–Trinajstić information content (AvgIpc) is 3.18. The number of aromatic nitrogens is 1. The summed E-state index contributed by atoms with van der Waals surface area (Å²) in [6.45, 7) is 19.5. The molecule has 1 aliphatic heterocycles. The van der Waals surface area contributed by atoms with Gasteiger partial charge in [0, 0.05) is 35.6 Å². The van der Waals surface area contributed by atoms with E-state index in [9.17, 15) is 0 Å². The number of pyridine rings is 1. The Morgan fingerprint density at radius 1 is 1.29 bits per heavy atom. The molecule has 2 N–H and O–H groups in total. The van der Waals surface area contributed by atoms with E-state index in [0.29, 0.717) is 6.04 Å². The molecular formula is C23H30N4S. The van der Waals surface area contributed by atoms with Crippen LogP contribution in [0.2, 0.25) is 0 Å². The minimum Gasteiger partial charge on any atom is -0.357 e. The third-order valence-electron chi connectivity index (χ3n) is 4.98. The molecule has 148 valence electrons. The van der Waals surface area contributed by atoms with E-state index in [-0.39, 0.29) is 0 Å². The highest BCUT2D eigenvalue weighted by molar-refractivity contribution is 8.11. The van der Waals surface area contributed by atoms with Gasteiger partial charge in [-0.2, -0.15) is 0 Å². The fourth-order valence-electron chi connectivity index (χ4n) is 3.49. The molecule has 28 heavy (non-hydrogen) atoms. The molecule has 3 rings (SSSR count). The molecule has 0 amide bonds. The largest absolute Gasteiger partial charge is 0.357 e. The molecule has 4 nitrogen and oxygen atoms in total. The lowest BCUT2D eigenvalue weighted by atomic mass is 10.1. The van der Waals surface area contributed by atoms with Gasteiger partial charge in [-0.1, -0.05) is 43.6 Å². The van der Waals surface area contributed by atoms with Gasteiger partial charge < -0.3 is 15.5 Å². The molecule has 0 radical (unpaired) electrons. The molecule has 1 aliphatic rings. The summed E-state index contributed by atoms with van der Waals surface area (Å²) in [4.78, 5) is 8.88. The number of fused-ring (bicyclic) bond motifs is 1. The van der Waals surface area contributed by atoms with Crippen molar-refractivity contribution in [3.8, 4) is 0 Å². The predicted octanol–water partition coefficient (Wildman–Crippen LogP) is 5.43. The third-order valence-corrected chi connectivity index (χ3v) is 5.81. The summed E-state index contributed by atoms with van der Waals surface area (Å²) in [7, 11) is 0. The van der Waals surface area contributed by atoms with Crippen LogP contribution in [0.1, 0.15) is 32.3 Å². The Balaban J connectivity index is 1.73. The summed E-state index contributed by atoms with van der Waals surface area (Å²) in [6.07, 6.45) is 4.39. The zero-order chi connectivity index (χ0) is 20.1. The van der Waals surface area contributed by atoms with Crippen LogP contribution in [-0.4, -0.2) is 35.6 Å². The minimum atomic E-state index is 0.544. The zero-order valence-corrected chi connectivity index (χ0v) is 17.7. The Kier molecular flexibility index (Phi) is 6.81. The van der Waals surface area contributed by atoms with E-state index in [2.05, 4.69) is 71.4 Å². The number of allylic oxidation sites excluding steroid dienone is 1. The van der Waals surface area contributed by atoms with Gasteiger partial charge in [-0.05, 0) is 61.2 Å². The Bertz CT molecular complexity index is 883. The number of hydrogen-bond acceptors (Lipinski definition) is 5. The Hall–Kier alpha value is -2.24. The second kappa shape index (κ2) is 9.30. The summed E-state index contributed by atoms with van der Waals surface area (Å²) >= 11 is 1.61. The van der Waals surface area contributed by atoms with Crippen LogP contribution < -0.4 is 10.6 Å². The van der Waals surface area contributed by atoms with Crippen molar-refractivity contribution in [1.82, 2.24) is 15.2 Å². The summed E-state index contributed by atoms with van der Waals surface area (Å²) in [5, 5.41) is 9.18. The van der Waals surface area contributed by atoms with Gasteiger partial charge in [0.15, 0.2) is 0 Å². The summed E-state index contributed by atoms with van der Waals surface area (Å²) < 4.78 is 0. The standard InChI is InChI=1S/C23H30N4S/c1-6-27(15-22-8-7-11-24-22)18(5)26-23-13-21-12-19(17(4)28-16(2)3)9-10-20(21)14-25-23/h9-10,12-14,22,24H,2,4-8,11,15H2,1,3H3,(H,25,26). The van der Waals surface area contributed by atoms with Crippen molar-refractivity contribution < 1.29 is 0 Å². The van der Waals surface area contributed by atoms with Crippen LogP contribution in [-0.2, 0) is 0 Å². The number of rotatable bonds is 9. The van der Waals surface area contributed by atoms with Crippen LogP contribution in [0.15, 0.2) is 60.9 Å². The monoisotopic (exact) mass is 394 g/mol. The molecule has 2 aromatic rings. The van der Waals surface area contributed by atoms with Crippen LogP contribution in [0.25, 0.3) is 15.7 Å². The topological polar surface area (TPSA) is 40.2 Å². The van der Waals surface area contributed by atoms with E-state index in [0.717, 1.165) is 57.4 Å². The first-order valence-corrected chi connectivity index (χ1v) is 10.6. The van der Waals surface area contributed by atoms with Gasteiger partial charge in [-0.15, -0.1) is 0 Å². The van der Waals surface area contributed by atoms with Gasteiger partial charge >= 0.3 is 0 Å². The van der Waals surface area contributed by atoms with Crippen molar-refractivity contribution in [2.75, 3.05) is 25.0 Å². The lowest BCUT2D eigenvalue weighted by molar-refractivity contribution is 0.327. The van der Waals surface area contributed by atoms with Crippen LogP contribution in [0.5, 0.6) is 0 Å². The van der Waals surface area contributed by atoms with Gasteiger partial charge in [0.05, 0.1) is 5.82 Å². The molecule has 1 unspecified atom stereocenters. The number of nitrogens with zero attached hydrogens (tertiary/aromatic N) is 2. The molecule has 5 heteroatoms. The molecule has 1 atom stereocenters. The Morgan fingerprint density at radius 2 is 2.11 bits per heavy atom. The van der Waals surface area contributed by atoms with E-state index < -0.39 is 0 Å². The van der Waals surface area contributed by atoms with Gasteiger partial charge in [-0.3, -0.25) is 0 Å². The highest BCUT2D eigenvalue weighted by Gasteiger charge is 2.18. The zero-order valence-electron chi connectivity index (χ0n) is 16.9. The van der Waals surface area contributed by atoms with Gasteiger partial charge in [0.25, 0.3) is 0 Å². The Labute approximate surface area is 172 Å². The fourth-order valence-corrected chi connectivity index (χ4v) is 4.15. The summed E-state index contributed by atoms with van der Waals surface area (Å²) in [6, 6.07) is 8.95. The van der Waals surface area contributed by atoms with Crippen molar-refractivity contribution in [3.05, 3.63) is 66.5 Å². The third kappa shape index (κ3) is 5.18. The second-order valence-electron chi connectivity index (χ2n) is 7.26. The summed E-state index contributed by atoms with van der Waals surface area (Å²) in [5.41, 5.74) is 1.11. The highest BCUT2D eigenvalue weighted by Crippen LogP contribution is 2.32. The van der Waals surface area contributed by atoms with E-state index in [1.807, 2.05) is 13.1 Å². The lowest BCUT2D eigenvalue weighted by Gasteiger charge is -2.28. The van der Waals surface area contributed by atoms with Crippen molar-refractivity contribution in [2.45, 2.75) is 32.7 Å². The molecule has 1 aromatic carbocycles. The normalized spacial score (nSPS) is 16.1. The molecule has 1 saturated heterocycles. The smallest absolute Gasteiger partial charge is 0.131 e. The van der Waals surface area contributed by atoms with E-state index >= 15 is 0 Å². The van der Waals surface area contributed by atoms with Crippen LogP contribution in [0.3, 0.4) is 0 Å². The number of hydrogen-bond donors (Lipinski definition) is 2. The van der Waals surface area contributed by atoms with Gasteiger partial charge in [-0.25, -0.2) is 4.98 Å². The second-order valence-corrected chi connectivity index (χ2v) is 8.66. The number of thioether (sulfide) groups is 1. The van der Waals surface area contributed by atoms with E-state index in [1.54, 1.807) is 11.8 Å². The number of benzene rings is 1. The summed E-state index contributed by atoms with van der Waals surface area (Å²) in [5.74, 6) is 1.70. The Morgan fingerprint density at radius 3 is 2.79 bits per heavy atom. The first kappa shape index (κ1) is 20.5. The first-order valence-electron chi connectivity index (χ1n) is 9.83.